The van der Waals surface area contributed by atoms with E-state index in [1.807, 2.05) is 0 Å². The van der Waals surface area contributed by atoms with Gasteiger partial charge in [-0.25, -0.2) is 0 Å². The van der Waals surface area contributed by atoms with Crippen LogP contribution in [-0.4, -0.2) is 31.9 Å². The van der Waals surface area contributed by atoms with Crippen LogP contribution in [-0.2, 0) is 29.5 Å². The van der Waals surface area contributed by atoms with Crippen LogP contribution in [0.2, 0.25) is 0 Å². The predicted molar refractivity (Wildman–Crippen MR) is 50.6 cm³/mol. The van der Waals surface area contributed by atoms with E-state index in [1.54, 1.807) is 14.0 Å². The molecule has 82 valence electrons. The van der Waals surface area contributed by atoms with Crippen molar-refractivity contribution in [3.8, 4) is 0 Å². The first-order valence-corrected chi connectivity index (χ1v) is 4.36. The Balaban J connectivity index is 3.10. The summed E-state index contributed by atoms with van der Waals surface area (Å²) in [6.07, 6.45) is -0.401. The third kappa shape index (κ3) is 2.55. The lowest BCUT2D eigenvalue weighted by Crippen LogP contribution is -2.10. The van der Waals surface area contributed by atoms with E-state index in [-0.39, 0.29) is 12.8 Å². The van der Waals surface area contributed by atoms with E-state index in [0.717, 1.165) is 0 Å². The molecule has 6 heteroatoms. The second kappa shape index (κ2) is 4.12. The normalized spacial score (nSPS) is 10.3. The van der Waals surface area contributed by atoms with Gasteiger partial charge in [0, 0.05) is 12.6 Å². The van der Waals surface area contributed by atoms with Crippen LogP contribution in [0, 0.1) is 6.92 Å². The Kier molecular flexibility index (Phi) is 3.08. The minimum atomic E-state index is -0.996. The molecule has 0 aliphatic heterocycles. The van der Waals surface area contributed by atoms with Crippen LogP contribution in [0.15, 0.2) is 0 Å². The molecule has 1 aromatic heterocycles. The van der Waals surface area contributed by atoms with Crippen molar-refractivity contribution in [2.45, 2.75) is 19.8 Å². The standard InChI is InChI=1S/C9H12N2O4/c1-5-6(3-8(12)13)7(4-9(14)15)11(2)10-5/h3-4H2,1-2H3,(H,12,13)(H,14,15). The second-order valence-electron chi connectivity index (χ2n) is 3.28. The van der Waals surface area contributed by atoms with Crippen LogP contribution in [0.4, 0.5) is 0 Å². The molecule has 0 bridgehead atoms. The molecule has 0 aliphatic rings. The van der Waals surface area contributed by atoms with Gasteiger partial charge in [0.1, 0.15) is 0 Å². The summed E-state index contributed by atoms with van der Waals surface area (Å²) in [5, 5.41) is 21.4. The molecule has 0 atom stereocenters. The van der Waals surface area contributed by atoms with Crippen molar-refractivity contribution in [2.75, 3.05) is 0 Å². The van der Waals surface area contributed by atoms with Crippen molar-refractivity contribution in [3.63, 3.8) is 0 Å². The van der Waals surface area contributed by atoms with Gasteiger partial charge in [0.2, 0.25) is 0 Å². The third-order valence-corrected chi connectivity index (χ3v) is 2.12. The molecule has 0 amide bonds. The quantitative estimate of drug-likeness (QED) is 0.731. The number of carbonyl (C=O) groups is 2. The van der Waals surface area contributed by atoms with Crippen LogP contribution in [0.3, 0.4) is 0 Å². The van der Waals surface area contributed by atoms with Crippen molar-refractivity contribution < 1.29 is 19.8 Å². The molecule has 1 heterocycles. The van der Waals surface area contributed by atoms with E-state index < -0.39 is 11.9 Å². The molecule has 0 aromatic carbocycles. The molecule has 1 aromatic rings. The number of aliphatic carboxylic acids is 2. The van der Waals surface area contributed by atoms with E-state index in [4.69, 9.17) is 10.2 Å². The van der Waals surface area contributed by atoms with Gasteiger partial charge < -0.3 is 10.2 Å². The number of hydrogen-bond acceptors (Lipinski definition) is 3. The lowest BCUT2D eigenvalue weighted by molar-refractivity contribution is -0.137. The molecule has 0 saturated carbocycles. The maximum Gasteiger partial charge on any atom is 0.309 e. The Morgan fingerprint density at radius 2 is 1.80 bits per heavy atom. The van der Waals surface area contributed by atoms with Gasteiger partial charge in [-0.15, -0.1) is 0 Å². The van der Waals surface area contributed by atoms with Crippen molar-refractivity contribution in [2.24, 2.45) is 7.05 Å². The minimum absolute atomic E-state index is 0.192. The van der Waals surface area contributed by atoms with Crippen molar-refractivity contribution in [1.29, 1.82) is 0 Å². The molecule has 0 unspecified atom stereocenters. The average molecular weight is 212 g/mol. The van der Waals surface area contributed by atoms with Gasteiger partial charge in [-0.2, -0.15) is 5.10 Å². The van der Waals surface area contributed by atoms with Crippen molar-refractivity contribution >= 4 is 11.9 Å². The monoisotopic (exact) mass is 212 g/mol. The highest BCUT2D eigenvalue weighted by Gasteiger charge is 2.17. The highest BCUT2D eigenvalue weighted by molar-refractivity contribution is 5.74. The van der Waals surface area contributed by atoms with Gasteiger partial charge >= 0.3 is 11.9 Å². The summed E-state index contributed by atoms with van der Waals surface area (Å²) in [4.78, 5) is 21.2. The zero-order chi connectivity index (χ0) is 11.6. The summed E-state index contributed by atoms with van der Waals surface area (Å²) in [5.74, 6) is -1.98. The molecular weight excluding hydrogens is 200 g/mol. The molecule has 2 N–H and O–H groups in total. The molecule has 0 aliphatic carbocycles. The van der Waals surface area contributed by atoms with E-state index in [0.29, 0.717) is 17.0 Å². The zero-order valence-electron chi connectivity index (χ0n) is 8.52. The summed E-state index contributed by atoms with van der Waals surface area (Å²) in [5.41, 5.74) is 1.51. The van der Waals surface area contributed by atoms with Crippen LogP contribution in [0.1, 0.15) is 17.0 Å². The van der Waals surface area contributed by atoms with E-state index >= 15 is 0 Å². The lowest BCUT2D eigenvalue weighted by Gasteiger charge is -2.01. The fraction of sp³-hybridized carbons (Fsp3) is 0.444. The molecule has 0 fully saturated rings. The first-order valence-electron chi connectivity index (χ1n) is 4.36. The van der Waals surface area contributed by atoms with E-state index in [9.17, 15) is 9.59 Å². The van der Waals surface area contributed by atoms with E-state index in [1.165, 1.54) is 4.68 Å². The fourth-order valence-corrected chi connectivity index (χ4v) is 1.50. The number of aryl methyl sites for hydroxylation is 2. The number of rotatable bonds is 4. The van der Waals surface area contributed by atoms with Gasteiger partial charge in [0.25, 0.3) is 0 Å². The predicted octanol–water partition coefficient (Wildman–Crippen LogP) is -0.0173. The van der Waals surface area contributed by atoms with Crippen LogP contribution in [0.25, 0.3) is 0 Å². The molecule has 6 nitrogen and oxygen atoms in total. The first-order chi connectivity index (χ1) is 6.91. The Morgan fingerprint density at radius 3 is 2.27 bits per heavy atom. The third-order valence-electron chi connectivity index (χ3n) is 2.12. The zero-order valence-corrected chi connectivity index (χ0v) is 8.52. The number of hydrogen-bond donors (Lipinski definition) is 2. The van der Waals surface area contributed by atoms with Crippen molar-refractivity contribution in [3.05, 3.63) is 17.0 Å². The minimum Gasteiger partial charge on any atom is -0.481 e. The van der Waals surface area contributed by atoms with Gasteiger partial charge in [-0.3, -0.25) is 14.3 Å². The molecular formula is C9H12N2O4. The average Bonchev–Trinajstić information content (AvgIpc) is 2.30. The largest absolute Gasteiger partial charge is 0.481 e. The summed E-state index contributed by atoms with van der Waals surface area (Å²) in [7, 11) is 1.61. The topological polar surface area (TPSA) is 92.4 Å². The van der Waals surface area contributed by atoms with Gasteiger partial charge in [-0.05, 0) is 6.92 Å². The van der Waals surface area contributed by atoms with E-state index in [2.05, 4.69) is 5.10 Å². The van der Waals surface area contributed by atoms with Gasteiger partial charge in [0.05, 0.1) is 24.2 Å². The maximum atomic E-state index is 10.6. The molecule has 0 saturated heterocycles. The van der Waals surface area contributed by atoms with Crippen LogP contribution in [0.5, 0.6) is 0 Å². The Hall–Kier alpha value is -1.85. The van der Waals surface area contributed by atoms with Crippen molar-refractivity contribution in [1.82, 2.24) is 9.78 Å². The maximum absolute atomic E-state index is 10.6. The molecule has 1 rings (SSSR count). The lowest BCUT2D eigenvalue weighted by atomic mass is 10.1. The summed E-state index contributed by atoms with van der Waals surface area (Å²) < 4.78 is 1.42. The summed E-state index contributed by atoms with van der Waals surface area (Å²) in [6, 6.07) is 0. The number of carboxylic acid groups (broad SMARTS) is 2. The van der Waals surface area contributed by atoms with Crippen LogP contribution < -0.4 is 0 Å². The highest BCUT2D eigenvalue weighted by Crippen LogP contribution is 2.14. The van der Waals surface area contributed by atoms with Gasteiger partial charge in [0.15, 0.2) is 0 Å². The smallest absolute Gasteiger partial charge is 0.309 e. The molecule has 15 heavy (non-hydrogen) atoms. The second-order valence-corrected chi connectivity index (χ2v) is 3.28. The van der Waals surface area contributed by atoms with Crippen LogP contribution >= 0.6 is 0 Å². The van der Waals surface area contributed by atoms with Gasteiger partial charge in [-0.1, -0.05) is 0 Å². The Labute approximate surface area is 86.1 Å². The Bertz CT molecular complexity index is 372. The summed E-state index contributed by atoms with van der Waals surface area (Å²) in [6.45, 7) is 1.67. The number of nitrogens with zero attached hydrogens (tertiary/aromatic N) is 2. The molecule has 0 spiro atoms. The highest BCUT2D eigenvalue weighted by atomic mass is 16.4. The SMILES string of the molecule is Cc1nn(C)c(CC(=O)O)c1CC(=O)O. The number of aromatic nitrogens is 2. The number of carboxylic acids is 2. The Morgan fingerprint density at radius 1 is 1.27 bits per heavy atom. The fourth-order valence-electron chi connectivity index (χ4n) is 1.50. The first kappa shape index (κ1) is 11.2. The summed E-state index contributed by atoms with van der Waals surface area (Å²) >= 11 is 0. The molecule has 0 radical (unpaired) electrons.